The lowest BCUT2D eigenvalue weighted by Gasteiger charge is -2.12. The first-order valence-corrected chi connectivity index (χ1v) is 7.74. The molecule has 116 valence electrons. The van der Waals surface area contributed by atoms with E-state index in [0.29, 0.717) is 5.69 Å². The maximum Gasteiger partial charge on any atom is 0.274 e. The smallest absolute Gasteiger partial charge is 0.274 e. The second-order valence-electron chi connectivity index (χ2n) is 5.46. The molecule has 0 radical (unpaired) electrons. The van der Waals surface area contributed by atoms with Crippen molar-refractivity contribution in [2.75, 3.05) is 20.2 Å². The summed E-state index contributed by atoms with van der Waals surface area (Å²) in [4.78, 5) is 14.4. The Morgan fingerprint density at radius 1 is 1.23 bits per heavy atom. The third kappa shape index (κ3) is 2.71. The molecule has 5 heteroatoms. The van der Waals surface area contributed by atoms with Gasteiger partial charge in [-0.05, 0) is 50.1 Å². The summed E-state index contributed by atoms with van der Waals surface area (Å²) in [6, 6.07) is 9.72. The summed E-state index contributed by atoms with van der Waals surface area (Å²) in [5.41, 5.74) is 2.54. The molecule has 2 heterocycles. The first-order chi connectivity index (χ1) is 10.7. The summed E-state index contributed by atoms with van der Waals surface area (Å²) in [5.74, 6) is 0.860. The second kappa shape index (κ2) is 6.22. The highest BCUT2D eigenvalue weighted by Crippen LogP contribution is 2.24. The van der Waals surface area contributed by atoms with Crippen molar-refractivity contribution in [1.29, 1.82) is 0 Å². The van der Waals surface area contributed by atoms with Gasteiger partial charge in [-0.25, -0.2) is 0 Å². The van der Waals surface area contributed by atoms with Gasteiger partial charge in [0.15, 0.2) is 5.69 Å². The van der Waals surface area contributed by atoms with Crippen molar-refractivity contribution in [2.24, 2.45) is 0 Å². The minimum Gasteiger partial charge on any atom is -0.497 e. The lowest BCUT2D eigenvalue weighted by atomic mass is 10.1. The molecule has 1 aromatic heterocycles. The van der Waals surface area contributed by atoms with Crippen LogP contribution in [0, 0.1) is 0 Å². The number of benzene rings is 1. The number of amides is 1. The van der Waals surface area contributed by atoms with Gasteiger partial charge in [0.25, 0.3) is 5.91 Å². The largest absolute Gasteiger partial charge is 0.497 e. The van der Waals surface area contributed by atoms with Gasteiger partial charge in [0.2, 0.25) is 0 Å². The topological polar surface area (TPSA) is 47.4 Å². The summed E-state index contributed by atoms with van der Waals surface area (Å²) in [6.45, 7) is 4.45. The first kappa shape index (κ1) is 14.6. The number of aromatic nitrogens is 2. The van der Waals surface area contributed by atoms with Gasteiger partial charge in [0.05, 0.1) is 12.8 Å². The van der Waals surface area contributed by atoms with E-state index in [1.807, 2.05) is 46.8 Å². The van der Waals surface area contributed by atoms with Crippen LogP contribution in [0.2, 0.25) is 0 Å². The van der Waals surface area contributed by atoms with Gasteiger partial charge < -0.3 is 9.64 Å². The molecule has 1 aliphatic heterocycles. The van der Waals surface area contributed by atoms with E-state index in [1.54, 1.807) is 7.11 Å². The fourth-order valence-electron chi connectivity index (χ4n) is 2.84. The number of rotatable bonds is 4. The Morgan fingerprint density at radius 3 is 2.50 bits per heavy atom. The highest BCUT2D eigenvalue weighted by atomic mass is 16.5. The summed E-state index contributed by atoms with van der Waals surface area (Å²) in [6.07, 6.45) is 2.18. The molecule has 0 aliphatic carbocycles. The molecule has 0 atom stereocenters. The van der Waals surface area contributed by atoms with Gasteiger partial charge in [0, 0.05) is 25.2 Å². The molecule has 5 nitrogen and oxygen atoms in total. The average molecular weight is 299 g/mol. The monoisotopic (exact) mass is 299 g/mol. The summed E-state index contributed by atoms with van der Waals surface area (Å²) < 4.78 is 7.07. The van der Waals surface area contributed by atoms with Crippen LogP contribution in [-0.4, -0.2) is 40.8 Å². The highest BCUT2D eigenvalue weighted by Gasteiger charge is 2.23. The molecule has 1 amide bonds. The number of hydrogen-bond acceptors (Lipinski definition) is 3. The lowest BCUT2D eigenvalue weighted by Crippen LogP contribution is -2.28. The number of ether oxygens (including phenoxy) is 1. The molecule has 1 fully saturated rings. The predicted octanol–water partition coefficient (Wildman–Crippen LogP) is 2.81. The molecule has 0 N–H and O–H groups in total. The van der Waals surface area contributed by atoms with Gasteiger partial charge >= 0.3 is 0 Å². The Kier molecular flexibility index (Phi) is 4.13. The van der Waals surface area contributed by atoms with E-state index in [2.05, 4.69) is 5.10 Å². The van der Waals surface area contributed by atoms with Gasteiger partial charge in [0.1, 0.15) is 5.75 Å². The molecule has 0 unspecified atom stereocenters. The van der Waals surface area contributed by atoms with Crippen LogP contribution in [0.1, 0.15) is 30.3 Å². The summed E-state index contributed by atoms with van der Waals surface area (Å²) >= 11 is 0. The molecule has 3 rings (SSSR count). The number of carbonyl (C=O) groups excluding carboxylic acids is 1. The minimum absolute atomic E-state index is 0.0412. The zero-order chi connectivity index (χ0) is 15.5. The van der Waals surface area contributed by atoms with E-state index >= 15 is 0 Å². The Morgan fingerprint density at radius 2 is 1.91 bits per heavy atom. The zero-order valence-corrected chi connectivity index (χ0v) is 13.1. The van der Waals surface area contributed by atoms with Crippen LogP contribution in [0.3, 0.4) is 0 Å². The average Bonchev–Trinajstić information content (AvgIpc) is 3.23. The Labute approximate surface area is 130 Å². The summed E-state index contributed by atoms with van der Waals surface area (Å²) in [7, 11) is 1.65. The van der Waals surface area contributed by atoms with Gasteiger partial charge in [-0.3, -0.25) is 9.48 Å². The van der Waals surface area contributed by atoms with E-state index in [1.165, 1.54) is 0 Å². The van der Waals surface area contributed by atoms with E-state index in [9.17, 15) is 4.79 Å². The molecule has 1 aliphatic rings. The minimum atomic E-state index is 0.0412. The molecular weight excluding hydrogens is 278 g/mol. The summed E-state index contributed by atoms with van der Waals surface area (Å²) in [5, 5.41) is 4.49. The first-order valence-electron chi connectivity index (χ1n) is 7.74. The molecule has 0 bridgehead atoms. The molecule has 22 heavy (non-hydrogen) atoms. The van der Waals surface area contributed by atoms with Crippen molar-refractivity contribution in [1.82, 2.24) is 14.7 Å². The zero-order valence-electron chi connectivity index (χ0n) is 13.1. The third-order valence-corrected chi connectivity index (χ3v) is 4.08. The predicted molar refractivity (Wildman–Crippen MR) is 85.0 cm³/mol. The second-order valence-corrected chi connectivity index (χ2v) is 5.46. The number of methoxy groups -OCH3 is 1. The highest BCUT2D eigenvalue weighted by molar-refractivity contribution is 5.93. The van der Waals surface area contributed by atoms with Crippen molar-refractivity contribution in [3.8, 4) is 17.0 Å². The van der Waals surface area contributed by atoms with Crippen LogP contribution in [0.25, 0.3) is 11.3 Å². The van der Waals surface area contributed by atoms with Crippen molar-refractivity contribution < 1.29 is 9.53 Å². The van der Waals surface area contributed by atoms with Crippen LogP contribution in [0.15, 0.2) is 30.3 Å². The number of hydrogen-bond donors (Lipinski definition) is 0. The number of carbonyl (C=O) groups is 1. The van der Waals surface area contributed by atoms with Gasteiger partial charge in [-0.1, -0.05) is 0 Å². The van der Waals surface area contributed by atoms with E-state index in [-0.39, 0.29) is 5.91 Å². The van der Waals surface area contributed by atoms with Crippen molar-refractivity contribution in [3.63, 3.8) is 0 Å². The molecular formula is C17H21N3O2. The van der Waals surface area contributed by atoms with E-state index in [0.717, 1.165) is 49.5 Å². The van der Waals surface area contributed by atoms with Crippen molar-refractivity contribution >= 4 is 5.91 Å². The fourth-order valence-corrected chi connectivity index (χ4v) is 2.84. The van der Waals surface area contributed by atoms with Crippen LogP contribution < -0.4 is 4.74 Å². The molecule has 0 spiro atoms. The van der Waals surface area contributed by atoms with Crippen LogP contribution in [0.5, 0.6) is 5.75 Å². The molecule has 1 aromatic carbocycles. The van der Waals surface area contributed by atoms with E-state index in [4.69, 9.17) is 4.74 Å². The van der Waals surface area contributed by atoms with Gasteiger partial charge in [-0.2, -0.15) is 5.10 Å². The van der Waals surface area contributed by atoms with Crippen LogP contribution in [-0.2, 0) is 6.54 Å². The van der Waals surface area contributed by atoms with Crippen molar-refractivity contribution in [2.45, 2.75) is 26.3 Å². The Hall–Kier alpha value is -2.30. The number of nitrogens with zero attached hydrogens (tertiary/aromatic N) is 3. The fraction of sp³-hybridized carbons (Fsp3) is 0.412. The number of aryl methyl sites for hydroxylation is 1. The lowest BCUT2D eigenvalue weighted by molar-refractivity contribution is 0.0786. The van der Waals surface area contributed by atoms with Crippen LogP contribution >= 0.6 is 0 Å². The Bertz CT molecular complexity index is 655. The third-order valence-electron chi connectivity index (χ3n) is 4.08. The quantitative estimate of drug-likeness (QED) is 0.872. The molecule has 0 saturated carbocycles. The van der Waals surface area contributed by atoms with E-state index < -0.39 is 0 Å². The number of likely N-dealkylation sites (tertiary alicyclic amines) is 1. The molecule has 2 aromatic rings. The maximum atomic E-state index is 12.5. The van der Waals surface area contributed by atoms with Crippen LogP contribution in [0.4, 0.5) is 0 Å². The maximum absolute atomic E-state index is 12.5. The molecule has 1 saturated heterocycles. The normalized spacial score (nSPS) is 14.4. The van der Waals surface area contributed by atoms with Gasteiger partial charge in [-0.15, -0.1) is 0 Å². The standard InChI is InChI=1S/C17H21N3O2/c1-3-20-16(13-6-8-14(22-2)9-7-13)12-15(18-20)17(21)19-10-4-5-11-19/h6-9,12H,3-5,10-11H2,1-2H3. The SMILES string of the molecule is CCn1nc(C(=O)N2CCCC2)cc1-c1ccc(OC)cc1. The van der Waals surface area contributed by atoms with Crippen molar-refractivity contribution in [3.05, 3.63) is 36.0 Å². The Balaban J connectivity index is 1.91.